The normalized spacial score (nSPS) is 20.7. The number of aliphatic hydroxyl groups is 1. The van der Waals surface area contributed by atoms with Gasteiger partial charge in [0, 0.05) is 20.1 Å². The second-order valence-electron chi connectivity index (χ2n) is 6.91. The molecule has 134 valence electrons. The summed E-state index contributed by atoms with van der Waals surface area (Å²) in [6.07, 6.45) is 0.556. The van der Waals surface area contributed by atoms with E-state index in [0.717, 1.165) is 0 Å². The van der Waals surface area contributed by atoms with Crippen molar-refractivity contribution in [2.24, 2.45) is 7.05 Å². The van der Waals surface area contributed by atoms with Crippen LogP contribution in [0.1, 0.15) is 17.8 Å². The van der Waals surface area contributed by atoms with Gasteiger partial charge in [-0.05, 0) is 36.2 Å². The van der Waals surface area contributed by atoms with E-state index in [1.54, 1.807) is 29.8 Å². The topological polar surface area (TPSA) is 58.4 Å². The van der Waals surface area contributed by atoms with Gasteiger partial charge in [0.05, 0.1) is 17.4 Å². The first kappa shape index (κ1) is 16.9. The minimum absolute atomic E-state index is 0.0707. The quantitative estimate of drug-likeness (QED) is 0.784. The fraction of sp³-hybridized carbons (Fsp3) is 0.300. The summed E-state index contributed by atoms with van der Waals surface area (Å²) in [5.74, 6) is 0.347. The summed E-state index contributed by atoms with van der Waals surface area (Å²) in [6.45, 7) is 1.57. The van der Waals surface area contributed by atoms with Crippen molar-refractivity contribution in [2.75, 3.05) is 13.1 Å². The zero-order chi connectivity index (χ0) is 18.3. The Morgan fingerprint density at radius 3 is 2.69 bits per heavy atom. The smallest absolute Gasteiger partial charge is 0.261 e. The number of fused-ring (bicyclic) bond motifs is 1. The van der Waals surface area contributed by atoms with Crippen molar-refractivity contribution in [3.8, 4) is 0 Å². The summed E-state index contributed by atoms with van der Waals surface area (Å²) >= 11 is 0. The van der Waals surface area contributed by atoms with E-state index in [2.05, 4.69) is 9.88 Å². The largest absolute Gasteiger partial charge is 0.384 e. The molecule has 1 aromatic heterocycles. The number of β-amino-alcohol motifs (C(OH)–C–C–N with tert-alkyl or cyclic N) is 1. The van der Waals surface area contributed by atoms with Gasteiger partial charge in [-0.1, -0.05) is 24.3 Å². The number of hydrogen-bond donors (Lipinski definition) is 1. The van der Waals surface area contributed by atoms with E-state index in [1.165, 1.54) is 12.1 Å². The van der Waals surface area contributed by atoms with Crippen LogP contribution in [-0.4, -0.2) is 32.6 Å². The predicted octanol–water partition coefficient (Wildman–Crippen LogP) is 2.17. The van der Waals surface area contributed by atoms with E-state index in [0.29, 0.717) is 48.3 Å². The molecule has 2 heterocycles. The molecule has 0 saturated carbocycles. The first-order valence-corrected chi connectivity index (χ1v) is 8.62. The van der Waals surface area contributed by atoms with Gasteiger partial charge in [-0.3, -0.25) is 14.3 Å². The molecule has 1 atom stereocenters. The van der Waals surface area contributed by atoms with Crippen LogP contribution in [-0.2, 0) is 19.2 Å². The number of halogens is 1. The van der Waals surface area contributed by atoms with Gasteiger partial charge >= 0.3 is 0 Å². The summed E-state index contributed by atoms with van der Waals surface area (Å²) in [5.41, 5.74) is 0.308. The number of aromatic nitrogens is 2. The molecule has 1 aliphatic heterocycles. The van der Waals surface area contributed by atoms with Crippen LogP contribution in [0.25, 0.3) is 10.9 Å². The minimum atomic E-state index is -1.01. The van der Waals surface area contributed by atoms with Crippen molar-refractivity contribution in [3.05, 3.63) is 76.1 Å². The number of likely N-dealkylation sites (tertiary alicyclic amines) is 1. The third kappa shape index (κ3) is 2.91. The summed E-state index contributed by atoms with van der Waals surface area (Å²) in [7, 11) is 1.72. The lowest BCUT2D eigenvalue weighted by Crippen LogP contribution is -2.32. The molecule has 5 nitrogen and oxygen atoms in total. The second kappa shape index (κ2) is 6.30. The Hall–Kier alpha value is -2.57. The highest BCUT2D eigenvalue weighted by Crippen LogP contribution is 2.32. The van der Waals surface area contributed by atoms with Crippen LogP contribution in [0.15, 0.2) is 53.3 Å². The van der Waals surface area contributed by atoms with Crippen molar-refractivity contribution in [1.82, 2.24) is 14.5 Å². The van der Waals surface area contributed by atoms with Crippen molar-refractivity contribution in [1.29, 1.82) is 0 Å². The predicted molar refractivity (Wildman–Crippen MR) is 97.2 cm³/mol. The maximum atomic E-state index is 13.1. The van der Waals surface area contributed by atoms with Gasteiger partial charge < -0.3 is 5.11 Å². The SMILES string of the molecule is Cn1c(CN2CCC(O)(c3ccc(F)cc3)C2)nc2ccccc2c1=O. The van der Waals surface area contributed by atoms with Crippen molar-refractivity contribution < 1.29 is 9.50 Å². The molecule has 6 heteroatoms. The standard InChI is InChI=1S/C20H20FN3O2/c1-23-18(22-17-5-3-2-4-16(17)19(23)25)12-24-11-10-20(26,13-24)14-6-8-15(21)9-7-14/h2-9,26H,10-13H2,1H3. The molecule has 0 radical (unpaired) electrons. The molecular formula is C20H20FN3O2. The minimum Gasteiger partial charge on any atom is -0.384 e. The Kier molecular flexibility index (Phi) is 4.09. The molecule has 1 fully saturated rings. The van der Waals surface area contributed by atoms with Gasteiger partial charge in [0.25, 0.3) is 5.56 Å². The molecule has 4 rings (SSSR count). The number of rotatable bonds is 3. The molecule has 1 unspecified atom stereocenters. The molecule has 1 aliphatic rings. The van der Waals surface area contributed by atoms with Gasteiger partial charge in [-0.25, -0.2) is 9.37 Å². The molecule has 0 aliphatic carbocycles. The molecule has 0 bridgehead atoms. The van der Waals surface area contributed by atoms with Crippen LogP contribution < -0.4 is 5.56 Å². The van der Waals surface area contributed by atoms with E-state index >= 15 is 0 Å². The number of nitrogens with zero attached hydrogens (tertiary/aromatic N) is 3. The van der Waals surface area contributed by atoms with Crippen LogP contribution in [0.2, 0.25) is 0 Å². The molecule has 26 heavy (non-hydrogen) atoms. The van der Waals surface area contributed by atoms with Crippen LogP contribution in [0.5, 0.6) is 0 Å². The lowest BCUT2D eigenvalue weighted by atomic mass is 9.93. The average molecular weight is 353 g/mol. The highest BCUT2D eigenvalue weighted by Gasteiger charge is 2.37. The van der Waals surface area contributed by atoms with Crippen molar-refractivity contribution in [2.45, 2.75) is 18.6 Å². The fourth-order valence-corrected chi connectivity index (χ4v) is 3.61. The fourth-order valence-electron chi connectivity index (χ4n) is 3.61. The molecule has 1 N–H and O–H groups in total. The van der Waals surface area contributed by atoms with Gasteiger partial charge in [0.2, 0.25) is 0 Å². The number of benzene rings is 2. The van der Waals surface area contributed by atoms with E-state index in [-0.39, 0.29) is 11.4 Å². The van der Waals surface area contributed by atoms with E-state index < -0.39 is 5.60 Å². The van der Waals surface area contributed by atoms with Gasteiger partial charge in [-0.2, -0.15) is 0 Å². The molecule has 0 amide bonds. The Morgan fingerprint density at radius 2 is 1.92 bits per heavy atom. The third-order valence-corrected chi connectivity index (χ3v) is 5.15. The highest BCUT2D eigenvalue weighted by atomic mass is 19.1. The van der Waals surface area contributed by atoms with E-state index in [1.807, 2.05) is 18.2 Å². The Morgan fingerprint density at radius 1 is 1.19 bits per heavy atom. The third-order valence-electron chi connectivity index (χ3n) is 5.15. The van der Waals surface area contributed by atoms with Crippen LogP contribution in [0.4, 0.5) is 4.39 Å². The Labute approximate surface area is 150 Å². The first-order valence-electron chi connectivity index (χ1n) is 8.62. The monoisotopic (exact) mass is 353 g/mol. The average Bonchev–Trinajstić information content (AvgIpc) is 3.02. The van der Waals surface area contributed by atoms with Crippen LogP contribution >= 0.6 is 0 Å². The van der Waals surface area contributed by atoms with Gasteiger partial charge in [-0.15, -0.1) is 0 Å². The van der Waals surface area contributed by atoms with Gasteiger partial charge in [0.1, 0.15) is 17.2 Å². The first-order chi connectivity index (χ1) is 12.5. The highest BCUT2D eigenvalue weighted by molar-refractivity contribution is 5.77. The number of hydrogen-bond acceptors (Lipinski definition) is 4. The van der Waals surface area contributed by atoms with Gasteiger partial charge in [0.15, 0.2) is 0 Å². The molecule has 3 aromatic rings. The number of para-hydroxylation sites is 1. The molecular weight excluding hydrogens is 333 g/mol. The Bertz CT molecular complexity index is 1020. The Balaban J connectivity index is 1.59. The van der Waals surface area contributed by atoms with E-state index in [9.17, 15) is 14.3 Å². The summed E-state index contributed by atoms with van der Waals surface area (Å²) < 4.78 is 14.7. The zero-order valence-electron chi connectivity index (χ0n) is 14.5. The lowest BCUT2D eigenvalue weighted by Gasteiger charge is -2.24. The van der Waals surface area contributed by atoms with Crippen molar-refractivity contribution in [3.63, 3.8) is 0 Å². The zero-order valence-corrected chi connectivity index (χ0v) is 14.5. The summed E-state index contributed by atoms with van der Waals surface area (Å²) in [6, 6.07) is 13.3. The summed E-state index contributed by atoms with van der Waals surface area (Å²) in [4.78, 5) is 19.2. The maximum absolute atomic E-state index is 13.1. The van der Waals surface area contributed by atoms with Crippen molar-refractivity contribution >= 4 is 10.9 Å². The van der Waals surface area contributed by atoms with Crippen LogP contribution in [0, 0.1) is 5.82 Å². The molecule has 0 spiro atoms. The lowest BCUT2D eigenvalue weighted by molar-refractivity contribution is 0.0448. The van der Waals surface area contributed by atoms with Crippen LogP contribution in [0.3, 0.4) is 0 Å². The second-order valence-corrected chi connectivity index (χ2v) is 6.91. The summed E-state index contributed by atoms with van der Waals surface area (Å²) in [5, 5.41) is 11.5. The van der Waals surface area contributed by atoms with E-state index in [4.69, 9.17) is 0 Å². The molecule has 1 saturated heterocycles. The molecule has 2 aromatic carbocycles. The maximum Gasteiger partial charge on any atom is 0.261 e.